The summed E-state index contributed by atoms with van der Waals surface area (Å²) in [5.41, 5.74) is 1.49. The van der Waals surface area contributed by atoms with Gasteiger partial charge in [0.15, 0.2) is 5.82 Å². The van der Waals surface area contributed by atoms with Gasteiger partial charge >= 0.3 is 0 Å². The van der Waals surface area contributed by atoms with Gasteiger partial charge in [0.25, 0.3) is 0 Å². The Morgan fingerprint density at radius 1 is 1.33 bits per heavy atom. The highest BCUT2D eigenvalue weighted by Gasteiger charge is 2.10. The third-order valence-electron chi connectivity index (χ3n) is 2.78. The number of anilines is 1. The van der Waals surface area contributed by atoms with E-state index in [1.807, 2.05) is 12.1 Å². The van der Waals surface area contributed by atoms with Crippen LogP contribution in [0, 0.1) is 11.3 Å². The first-order valence-corrected chi connectivity index (χ1v) is 5.96. The molecule has 5 nitrogen and oxygen atoms in total. The molecule has 5 heteroatoms. The van der Waals surface area contributed by atoms with E-state index in [9.17, 15) is 0 Å². The van der Waals surface area contributed by atoms with Crippen LogP contribution in [0.4, 0.5) is 5.95 Å². The molecule has 0 fully saturated rings. The molecule has 92 valence electrons. The van der Waals surface area contributed by atoms with Crippen LogP contribution in [0.25, 0.3) is 11.4 Å². The van der Waals surface area contributed by atoms with Crippen molar-refractivity contribution in [3.8, 4) is 17.5 Å². The van der Waals surface area contributed by atoms with Gasteiger partial charge in [-0.1, -0.05) is 12.1 Å². The summed E-state index contributed by atoms with van der Waals surface area (Å²) in [6.45, 7) is 5.86. The monoisotopic (exact) mass is 241 g/mol. The Labute approximate surface area is 106 Å². The number of nitrogens with zero attached hydrogens (tertiary/aromatic N) is 4. The summed E-state index contributed by atoms with van der Waals surface area (Å²) < 4.78 is 0. The lowest BCUT2D eigenvalue weighted by atomic mass is 10.1. The van der Waals surface area contributed by atoms with E-state index in [-0.39, 0.29) is 0 Å². The van der Waals surface area contributed by atoms with Crippen LogP contribution < -0.4 is 4.90 Å². The largest absolute Gasteiger partial charge is 0.340 e. The standard InChI is InChI=1S/C13H15N5/c1-3-18(4-2)13-15-12(16-17-13)11-7-5-6-10(8-11)9-14/h5-8H,3-4H2,1-2H3,(H,15,16,17). The molecule has 18 heavy (non-hydrogen) atoms. The van der Waals surface area contributed by atoms with Crippen molar-refractivity contribution in [2.24, 2.45) is 0 Å². The van der Waals surface area contributed by atoms with Gasteiger partial charge in [0, 0.05) is 18.7 Å². The van der Waals surface area contributed by atoms with Gasteiger partial charge in [-0.2, -0.15) is 10.2 Å². The molecule has 0 bridgehead atoms. The fourth-order valence-electron chi connectivity index (χ4n) is 1.77. The van der Waals surface area contributed by atoms with Crippen molar-refractivity contribution < 1.29 is 0 Å². The molecule has 1 aromatic carbocycles. The van der Waals surface area contributed by atoms with E-state index in [2.05, 4.69) is 40.0 Å². The molecule has 0 aliphatic rings. The Hall–Kier alpha value is -2.35. The highest BCUT2D eigenvalue weighted by molar-refractivity contribution is 5.58. The van der Waals surface area contributed by atoms with Crippen LogP contribution >= 0.6 is 0 Å². The molecule has 0 aliphatic heterocycles. The van der Waals surface area contributed by atoms with Gasteiger partial charge in [0.1, 0.15) is 0 Å². The summed E-state index contributed by atoms with van der Waals surface area (Å²) in [6, 6.07) is 9.43. The molecule has 0 saturated heterocycles. The van der Waals surface area contributed by atoms with Crippen LogP contribution in [0.5, 0.6) is 0 Å². The lowest BCUT2D eigenvalue weighted by Crippen LogP contribution is -2.22. The van der Waals surface area contributed by atoms with E-state index in [0.717, 1.165) is 18.7 Å². The number of nitrogens with one attached hydrogen (secondary N) is 1. The predicted molar refractivity (Wildman–Crippen MR) is 70.1 cm³/mol. The van der Waals surface area contributed by atoms with Crippen molar-refractivity contribution in [2.45, 2.75) is 13.8 Å². The van der Waals surface area contributed by atoms with E-state index in [1.165, 1.54) is 0 Å². The van der Waals surface area contributed by atoms with E-state index in [0.29, 0.717) is 17.3 Å². The second-order valence-electron chi connectivity index (χ2n) is 3.85. The molecule has 0 unspecified atom stereocenters. The van der Waals surface area contributed by atoms with E-state index >= 15 is 0 Å². The molecule has 1 heterocycles. The number of aromatic nitrogens is 3. The van der Waals surface area contributed by atoms with Crippen molar-refractivity contribution in [2.75, 3.05) is 18.0 Å². The third kappa shape index (κ3) is 2.33. The summed E-state index contributed by atoms with van der Waals surface area (Å²) in [7, 11) is 0. The maximum atomic E-state index is 8.87. The zero-order valence-corrected chi connectivity index (χ0v) is 10.5. The summed E-state index contributed by atoms with van der Waals surface area (Å²) >= 11 is 0. The number of nitriles is 1. The Bertz CT molecular complexity index is 563. The first-order valence-electron chi connectivity index (χ1n) is 5.96. The number of aromatic amines is 1. The summed E-state index contributed by atoms with van der Waals surface area (Å²) in [5, 5.41) is 16.0. The SMILES string of the molecule is CCN(CC)c1n[nH]c(-c2cccc(C#N)c2)n1. The Morgan fingerprint density at radius 2 is 2.11 bits per heavy atom. The van der Waals surface area contributed by atoms with Gasteiger partial charge in [-0.05, 0) is 26.0 Å². The smallest absolute Gasteiger partial charge is 0.244 e. The molecule has 2 aromatic rings. The maximum absolute atomic E-state index is 8.87. The van der Waals surface area contributed by atoms with Crippen LogP contribution in [-0.4, -0.2) is 28.3 Å². The summed E-state index contributed by atoms with van der Waals surface area (Å²) in [6.07, 6.45) is 0. The van der Waals surface area contributed by atoms with E-state index in [4.69, 9.17) is 5.26 Å². The second-order valence-corrected chi connectivity index (χ2v) is 3.85. The Balaban J connectivity index is 2.32. The van der Waals surface area contributed by atoms with Gasteiger partial charge in [-0.15, -0.1) is 5.10 Å². The van der Waals surface area contributed by atoms with E-state index < -0.39 is 0 Å². The molecule has 1 aromatic heterocycles. The minimum atomic E-state index is 0.619. The molecule has 0 atom stereocenters. The fraction of sp³-hybridized carbons (Fsp3) is 0.308. The van der Waals surface area contributed by atoms with Gasteiger partial charge < -0.3 is 4.90 Å². The number of hydrogen-bond donors (Lipinski definition) is 1. The van der Waals surface area contributed by atoms with Crippen molar-refractivity contribution in [1.82, 2.24) is 15.2 Å². The molecular weight excluding hydrogens is 226 g/mol. The highest BCUT2D eigenvalue weighted by Crippen LogP contribution is 2.18. The minimum absolute atomic E-state index is 0.619. The first-order chi connectivity index (χ1) is 8.78. The lowest BCUT2D eigenvalue weighted by molar-refractivity contribution is 0.824. The van der Waals surface area contributed by atoms with Gasteiger partial charge in [0.05, 0.1) is 11.6 Å². The molecule has 0 radical (unpaired) electrons. The molecular formula is C13H15N5. The third-order valence-corrected chi connectivity index (χ3v) is 2.78. The maximum Gasteiger partial charge on any atom is 0.244 e. The molecule has 0 aliphatic carbocycles. The zero-order chi connectivity index (χ0) is 13.0. The molecule has 2 rings (SSSR count). The van der Waals surface area contributed by atoms with Gasteiger partial charge in [-0.3, -0.25) is 5.10 Å². The van der Waals surface area contributed by atoms with Gasteiger partial charge in [-0.25, -0.2) is 0 Å². The number of hydrogen-bond acceptors (Lipinski definition) is 4. The van der Waals surface area contributed by atoms with Crippen LogP contribution in [-0.2, 0) is 0 Å². The average Bonchev–Trinajstić information content (AvgIpc) is 2.90. The Morgan fingerprint density at radius 3 is 2.78 bits per heavy atom. The normalized spacial score (nSPS) is 10.1. The fourth-order valence-corrected chi connectivity index (χ4v) is 1.77. The van der Waals surface area contributed by atoms with Crippen molar-refractivity contribution >= 4 is 5.95 Å². The quantitative estimate of drug-likeness (QED) is 0.890. The zero-order valence-electron chi connectivity index (χ0n) is 10.5. The average molecular weight is 241 g/mol. The van der Waals surface area contributed by atoms with Crippen LogP contribution in [0.3, 0.4) is 0 Å². The van der Waals surface area contributed by atoms with E-state index in [1.54, 1.807) is 12.1 Å². The summed E-state index contributed by atoms with van der Waals surface area (Å²) in [5.74, 6) is 1.38. The molecule has 1 N–H and O–H groups in total. The lowest BCUT2D eigenvalue weighted by Gasteiger charge is -2.14. The van der Waals surface area contributed by atoms with Crippen molar-refractivity contribution in [1.29, 1.82) is 5.26 Å². The highest BCUT2D eigenvalue weighted by atomic mass is 15.4. The molecule has 0 saturated carbocycles. The number of rotatable bonds is 4. The van der Waals surface area contributed by atoms with Crippen molar-refractivity contribution in [3.63, 3.8) is 0 Å². The summed E-state index contributed by atoms with van der Waals surface area (Å²) in [4.78, 5) is 6.51. The Kier molecular flexibility index (Phi) is 3.58. The topological polar surface area (TPSA) is 68.6 Å². The predicted octanol–water partition coefficient (Wildman–Crippen LogP) is 2.19. The number of benzene rings is 1. The first kappa shape index (κ1) is 12.1. The molecule has 0 amide bonds. The van der Waals surface area contributed by atoms with Crippen molar-refractivity contribution in [3.05, 3.63) is 29.8 Å². The van der Waals surface area contributed by atoms with Gasteiger partial charge in [0.2, 0.25) is 5.95 Å². The van der Waals surface area contributed by atoms with Crippen LogP contribution in [0.2, 0.25) is 0 Å². The van der Waals surface area contributed by atoms with Crippen LogP contribution in [0.1, 0.15) is 19.4 Å². The molecule has 0 spiro atoms. The minimum Gasteiger partial charge on any atom is -0.340 e. The second kappa shape index (κ2) is 5.32. The number of H-pyrrole nitrogens is 1. The van der Waals surface area contributed by atoms with Crippen LogP contribution in [0.15, 0.2) is 24.3 Å².